The fraction of sp³-hybridized carbons (Fsp3) is 0.375. The second-order valence-electron chi connectivity index (χ2n) is 6.00. The molecule has 0 bridgehead atoms. The number of fused-ring (bicyclic) bond motifs is 1. The first-order valence-electron chi connectivity index (χ1n) is 8.05. The van der Waals surface area contributed by atoms with Gasteiger partial charge in [-0.15, -0.1) is 16.9 Å². The molecule has 0 radical (unpaired) electrons. The summed E-state index contributed by atoms with van der Waals surface area (Å²) >= 11 is 1.87. The molecule has 4 rings (SSSR count). The summed E-state index contributed by atoms with van der Waals surface area (Å²) in [4.78, 5) is 16.9. The first-order chi connectivity index (χ1) is 11.8. The van der Waals surface area contributed by atoms with Crippen molar-refractivity contribution < 1.29 is 0 Å². The van der Waals surface area contributed by atoms with Crippen LogP contribution in [0.15, 0.2) is 40.3 Å². The van der Waals surface area contributed by atoms with Crippen LogP contribution in [0.1, 0.15) is 25.7 Å². The number of nitrogens with zero attached hydrogens (tertiary/aromatic N) is 3. The molecule has 0 spiro atoms. The van der Waals surface area contributed by atoms with Gasteiger partial charge in [0.2, 0.25) is 5.95 Å². The second kappa shape index (κ2) is 6.64. The van der Waals surface area contributed by atoms with Gasteiger partial charge < -0.3 is 5.32 Å². The minimum Gasteiger partial charge on any atom is -0.350 e. The van der Waals surface area contributed by atoms with Crippen LogP contribution in [0.2, 0.25) is 0 Å². The molecule has 1 aromatic carbocycles. The predicted octanol–water partition coefficient (Wildman–Crippen LogP) is 2.56. The highest BCUT2D eigenvalue weighted by molar-refractivity contribution is 8.00. The Morgan fingerprint density at radius 3 is 3.04 bits per heavy atom. The van der Waals surface area contributed by atoms with E-state index in [2.05, 4.69) is 30.7 Å². The summed E-state index contributed by atoms with van der Waals surface area (Å²) in [6, 6.07) is 6.32. The molecule has 24 heavy (non-hydrogen) atoms. The van der Waals surface area contributed by atoms with Crippen LogP contribution in [0.25, 0.3) is 10.9 Å². The number of nitrogens with one attached hydrogen (secondary N) is 3. The van der Waals surface area contributed by atoms with E-state index in [9.17, 15) is 4.79 Å². The van der Waals surface area contributed by atoms with E-state index < -0.39 is 0 Å². The number of H-pyrrole nitrogens is 2. The predicted molar refractivity (Wildman–Crippen MR) is 94.3 cm³/mol. The Bertz CT molecular complexity index is 877. The van der Waals surface area contributed by atoms with Crippen LogP contribution in [0.4, 0.5) is 5.95 Å². The van der Waals surface area contributed by atoms with Crippen molar-refractivity contribution in [1.82, 2.24) is 25.4 Å². The molecule has 0 aliphatic heterocycles. The normalized spacial score (nSPS) is 21.0. The van der Waals surface area contributed by atoms with Crippen molar-refractivity contribution in [1.29, 1.82) is 0 Å². The van der Waals surface area contributed by atoms with Crippen molar-refractivity contribution in [2.24, 2.45) is 0 Å². The van der Waals surface area contributed by atoms with Crippen molar-refractivity contribution in [2.45, 2.75) is 41.9 Å². The average Bonchev–Trinajstić information content (AvgIpc) is 2.97. The van der Waals surface area contributed by atoms with Crippen molar-refractivity contribution >= 4 is 28.6 Å². The summed E-state index contributed by atoms with van der Waals surface area (Å²) in [6.07, 6.45) is 7.78. The average molecular weight is 342 g/mol. The molecule has 7 nitrogen and oxygen atoms in total. The van der Waals surface area contributed by atoms with Crippen LogP contribution in [-0.2, 0) is 0 Å². The lowest BCUT2D eigenvalue weighted by Crippen LogP contribution is -2.29. The maximum absolute atomic E-state index is 11.6. The van der Waals surface area contributed by atoms with Gasteiger partial charge in [0, 0.05) is 16.2 Å². The molecular weight excluding hydrogens is 324 g/mol. The molecule has 1 aliphatic carbocycles. The molecule has 2 aromatic heterocycles. The van der Waals surface area contributed by atoms with Crippen LogP contribution in [-0.4, -0.2) is 36.7 Å². The first kappa shape index (κ1) is 15.2. The van der Waals surface area contributed by atoms with Gasteiger partial charge in [0.05, 0.1) is 23.3 Å². The fourth-order valence-electron chi connectivity index (χ4n) is 3.16. The molecule has 2 heterocycles. The lowest BCUT2D eigenvalue weighted by molar-refractivity contribution is 0.470. The van der Waals surface area contributed by atoms with E-state index in [0.29, 0.717) is 22.6 Å². The highest BCUT2D eigenvalue weighted by Crippen LogP contribution is 2.35. The van der Waals surface area contributed by atoms with E-state index in [0.717, 1.165) is 18.4 Å². The Morgan fingerprint density at radius 1 is 1.21 bits per heavy atom. The van der Waals surface area contributed by atoms with Gasteiger partial charge in [0.25, 0.3) is 5.56 Å². The fourth-order valence-corrected chi connectivity index (χ4v) is 4.49. The number of hydrogen-bond donors (Lipinski definition) is 3. The maximum atomic E-state index is 11.6. The van der Waals surface area contributed by atoms with Crippen LogP contribution < -0.4 is 10.9 Å². The van der Waals surface area contributed by atoms with Gasteiger partial charge in [-0.2, -0.15) is 5.10 Å². The second-order valence-corrected chi connectivity index (χ2v) is 7.37. The quantitative estimate of drug-likeness (QED) is 0.674. The van der Waals surface area contributed by atoms with E-state index in [1.54, 1.807) is 12.4 Å². The molecule has 8 heteroatoms. The van der Waals surface area contributed by atoms with Crippen molar-refractivity contribution in [3.8, 4) is 0 Å². The number of rotatable bonds is 4. The van der Waals surface area contributed by atoms with Gasteiger partial charge in [-0.3, -0.25) is 15.0 Å². The summed E-state index contributed by atoms with van der Waals surface area (Å²) in [6.45, 7) is 0. The number of aromatic nitrogens is 5. The lowest BCUT2D eigenvalue weighted by Gasteiger charge is -2.29. The third kappa shape index (κ3) is 3.28. The van der Waals surface area contributed by atoms with E-state index >= 15 is 0 Å². The van der Waals surface area contributed by atoms with Gasteiger partial charge in [-0.25, -0.2) is 4.98 Å². The molecule has 0 saturated heterocycles. The largest absolute Gasteiger partial charge is 0.350 e. The van der Waals surface area contributed by atoms with E-state index in [4.69, 9.17) is 0 Å². The summed E-state index contributed by atoms with van der Waals surface area (Å²) in [5.74, 6) is 0.597. The summed E-state index contributed by atoms with van der Waals surface area (Å²) in [5.41, 5.74) is 0.791. The van der Waals surface area contributed by atoms with Gasteiger partial charge in [-0.05, 0) is 37.5 Å². The molecule has 1 saturated carbocycles. The lowest BCUT2D eigenvalue weighted by atomic mass is 9.95. The van der Waals surface area contributed by atoms with Gasteiger partial charge in [0.1, 0.15) is 0 Å². The molecule has 1 aliphatic rings. The highest BCUT2D eigenvalue weighted by atomic mass is 32.2. The number of anilines is 1. The molecule has 124 valence electrons. The first-order valence-corrected chi connectivity index (χ1v) is 8.93. The van der Waals surface area contributed by atoms with E-state index in [-0.39, 0.29) is 5.56 Å². The topological polar surface area (TPSA) is 99.3 Å². The maximum Gasteiger partial charge on any atom is 0.271 e. The summed E-state index contributed by atoms with van der Waals surface area (Å²) in [7, 11) is 0. The molecule has 3 aromatic rings. The van der Waals surface area contributed by atoms with Gasteiger partial charge in [-0.1, -0.05) is 6.42 Å². The molecule has 2 atom stereocenters. The highest BCUT2D eigenvalue weighted by Gasteiger charge is 2.23. The molecule has 2 unspecified atom stereocenters. The minimum atomic E-state index is -0.0695. The van der Waals surface area contributed by atoms with Crippen molar-refractivity contribution in [2.75, 3.05) is 5.32 Å². The van der Waals surface area contributed by atoms with E-state index in [1.165, 1.54) is 17.7 Å². The molecular formula is C16H18N6OS. The third-order valence-electron chi connectivity index (χ3n) is 4.29. The van der Waals surface area contributed by atoms with E-state index in [1.807, 2.05) is 30.0 Å². The SMILES string of the molecule is O=c1[nH][nH]c2cc(SC3CCCC(Nc4nccnn4)C3)ccc12. The Kier molecular flexibility index (Phi) is 4.20. The van der Waals surface area contributed by atoms with Gasteiger partial charge >= 0.3 is 0 Å². The van der Waals surface area contributed by atoms with Crippen LogP contribution >= 0.6 is 11.8 Å². The number of thioether (sulfide) groups is 1. The molecule has 1 fully saturated rings. The number of hydrogen-bond acceptors (Lipinski definition) is 6. The zero-order valence-electron chi connectivity index (χ0n) is 13.0. The minimum absolute atomic E-state index is 0.0695. The van der Waals surface area contributed by atoms with Crippen LogP contribution in [0.5, 0.6) is 0 Å². The summed E-state index contributed by atoms with van der Waals surface area (Å²) in [5, 5.41) is 18.0. The summed E-state index contributed by atoms with van der Waals surface area (Å²) < 4.78 is 0. The molecule has 0 amide bonds. The Hall–Kier alpha value is -2.35. The third-order valence-corrected chi connectivity index (χ3v) is 5.58. The molecule has 3 N–H and O–H groups in total. The van der Waals surface area contributed by atoms with Crippen LogP contribution in [0.3, 0.4) is 0 Å². The number of aromatic amines is 2. The van der Waals surface area contributed by atoms with Crippen molar-refractivity contribution in [3.63, 3.8) is 0 Å². The standard InChI is InChI=1S/C16H18N6OS/c23-15-13-5-4-12(9-14(13)20-21-15)24-11-3-1-2-10(8-11)19-16-17-6-7-18-22-16/h4-7,9-11H,1-3,8H2,(H,17,19,22)(H2,20,21,23). The Morgan fingerprint density at radius 2 is 2.17 bits per heavy atom. The monoisotopic (exact) mass is 342 g/mol. The zero-order chi connectivity index (χ0) is 16.4. The Labute approximate surface area is 142 Å². The van der Waals surface area contributed by atoms with Gasteiger partial charge in [0.15, 0.2) is 0 Å². The smallest absolute Gasteiger partial charge is 0.271 e. The van der Waals surface area contributed by atoms with Crippen LogP contribution in [0, 0.1) is 0 Å². The zero-order valence-corrected chi connectivity index (χ0v) is 13.8. The Balaban J connectivity index is 1.42. The van der Waals surface area contributed by atoms with Crippen molar-refractivity contribution in [3.05, 3.63) is 40.9 Å². The number of benzene rings is 1.